The van der Waals surface area contributed by atoms with Crippen LogP contribution in [0.15, 0.2) is 24.5 Å². The zero-order valence-corrected chi connectivity index (χ0v) is 14.7. The van der Waals surface area contributed by atoms with Crippen LogP contribution in [0.2, 0.25) is 0 Å². The van der Waals surface area contributed by atoms with Crippen LogP contribution in [0, 0.1) is 12.8 Å². The van der Waals surface area contributed by atoms with Gasteiger partial charge in [0.25, 0.3) is 5.91 Å². The monoisotopic (exact) mass is 330 g/mol. The molecule has 0 unspecified atom stereocenters. The van der Waals surface area contributed by atoms with Crippen LogP contribution in [-0.2, 0) is 4.74 Å². The second kappa shape index (κ2) is 7.32. The Balaban J connectivity index is 1.65. The highest BCUT2D eigenvalue weighted by Crippen LogP contribution is 2.13. The minimum atomic E-state index is -0.115. The molecule has 0 aliphatic carbocycles. The number of imidazole rings is 1. The molecule has 6 nitrogen and oxygen atoms in total. The molecule has 0 saturated carbocycles. The van der Waals surface area contributed by atoms with Gasteiger partial charge in [0, 0.05) is 38.1 Å². The molecule has 0 bridgehead atoms. The number of nitrogens with zero attached hydrogens (tertiary/aromatic N) is 3. The zero-order valence-electron chi connectivity index (χ0n) is 14.7. The maximum atomic E-state index is 12.5. The fourth-order valence-corrected chi connectivity index (χ4v) is 3.18. The van der Waals surface area contributed by atoms with E-state index in [2.05, 4.69) is 29.0 Å². The third kappa shape index (κ3) is 3.76. The number of nitrogens with one attached hydrogen (secondary N) is 1. The third-order valence-electron chi connectivity index (χ3n) is 4.60. The highest BCUT2D eigenvalue weighted by atomic mass is 16.5. The van der Waals surface area contributed by atoms with Gasteiger partial charge in [-0.3, -0.25) is 9.69 Å². The summed E-state index contributed by atoms with van der Waals surface area (Å²) in [4.78, 5) is 19.3. The van der Waals surface area contributed by atoms with Crippen molar-refractivity contribution < 1.29 is 9.53 Å². The minimum Gasteiger partial charge on any atom is -0.379 e. The molecule has 0 radical (unpaired) electrons. The van der Waals surface area contributed by atoms with Crippen molar-refractivity contribution in [2.45, 2.75) is 26.8 Å². The van der Waals surface area contributed by atoms with Crippen molar-refractivity contribution in [1.82, 2.24) is 19.6 Å². The average Bonchev–Trinajstić information content (AvgIpc) is 2.98. The number of carbonyl (C=O) groups excluding carboxylic acids is 1. The number of carbonyl (C=O) groups is 1. The molecule has 1 aliphatic heterocycles. The Labute approximate surface area is 142 Å². The Morgan fingerprint density at radius 3 is 2.83 bits per heavy atom. The first-order chi connectivity index (χ1) is 11.5. The molecule has 130 valence electrons. The van der Waals surface area contributed by atoms with Crippen molar-refractivity contribution in [3.63, 3.8) is 0 Å². The fourth-order valence-electron chi connectivity index (χ4n) is 3.18. The summed E-state index contributed by atoms with van der Waals surface area (Å²) >= 11 is 0. The number of fused-ring (bicyclic) bond motifs is 1. The summed E-state index contributed by atoms with van der Waals surface area (Å²) in [5, 5.41) is 3.06. The lowest BCUT2D eigenvalue weighted by molar-refractivity contribution is 0.00671. The summed E-state index contributed by atoms with van der Waals surface area (Å²) in [7, 11) is 0. The molecule has 0 spiro atoms. The molecule has 3 rings (SSSR count). The molecular formula is C18H26N4O2. The molecule has 24 heavy (non-hydrogen) atoms. The summed E-state index contributed by atoms with van der Waals surface area (Å²) in [6.07, 6.45) is 3.71. The van der Waals surface area contributed by atoms with Crippen LogP contribution in [-0.4, -0.2) is 59.1 Å². The Morgan fingerprint density at radius 1 is 1.38 bits per heavy atom. The third-order valence-corrected chi connectivity index (χ3v) is 4.60. The van der Waals surface area contributed by atoms with Gasteiger partial charge in [0.1, 0.15) is 11.3 Å². The summed E-state index contributed by atoms with van der Waals surface area (Å²) in [6, 6.07) is 4.29. The van der Waals surface area contributed by atoms with E-state index in [0.717, 1.165) is 37.5 Å². The van der Waals surface area contributed by atoms with Crippen LogP contribution < -0.4 is 5.32 Å². The topological polar surface area (TPSA) is 58.9 Å². The molecule has 3 heterocycles. The van der Waals surface area contributed by atoms with Crippen LogP contribution in [0.3, 0.4) is 0 Å². The summed E-state index contributed by atoms with van der Waals surface area (Å²) in [6.45, 7) is 10.4. The molecule has 1 fully saturated rings. The predicted molar refractivity (Wildman–Crippen MR) is 93.3 cm³/mol. The molecular weight excluding hydrogens is 304 g/mol. The number of morpholine rings is 1. The van der Waals surface area contributed by atoms with Gasteiger partial charge in [-0.25, -0.2) is 4.98 Å². The number of hydrogen-bond donors (Lipinski definition) is 1. The van der Waals surface area contributed by atoms with Gasteiger partial charge in [0.05, 0.1) is 13.2 Å². The number of hydrogen-bond acceptors (Lipinski definition) is 4. The summed E-state index contributed by atoms with van der Waals surface area (Å²) < 4.78 is 7.30. The largest absolute Gasteiger partial charge is 0.379 e. The Kier molecular flexibility index (Phi) is 5.16. The number of pyridine rings is 1. The van der Waals surface area contributed by atoms with Gasteiger partial charge in [-0.05, 0) is 30.5 Å². The standard InChI is InChI=1S/C18H26N4O2/c1-13(2)16(21-6-8-24-9-7-21)11-19-18(23)15-12-22-5-4-14(3)10-17(22)20-15/h4-5,10,12-13,16H,6-9,11H2,1-3H3,(H,19,23)/t16-/m0/s1. The molecule has 1 aliphatic rings. The highest BCUT2D eigenvalue weighted by molar-refractivity contribution is 5.92. The highest BCUT2D eigenvalue weighted by Gasteiger charge is 2.24. The zero-order chi connectivity index (χ0) is 17.1. The number of aromatic nitrogens is 2. The van der Waals surface area contributed by atoms with Crippen LogP contribution in [0.4, 0.5) is 0 Å². The lowest BCUT2D eigenvalue weighted by Gasteiger charge is -2.36. The predicted octanol–water partition coefficient (Wildman–Crippen LogP) is 1.73. The molecule has 1 atom stereocenters. The summed E-state index contributed by atoms with van der Waals surface area (Å²) in [5.41, 5.74) is 2.39. The second-order valence-corrected chi connectivity index (χ2v) is 6.77. The smallest absolute Gasteiger partial charge is 0.271 e. The van der Waals surface area contributed by atoms with E-state index in [1.165, 1.54) is 0 Å². The average molecular weight is 330 g/mol. The lowest BCUT2D eigenvalue weighted by atomic mass is 10.0. The van der Waals surface area contributed by atoms with Crippen LogP contribution in [0.5, 0.6) is 0 Å². The molecule has 1 N–H and O–H groups in total. The fraction of sp³-hybridized carbons (Fsp3) is 0.556. The van der Waals surface area contributed by atoms with E-state index in [-0.39, 0.29) is 5.91 Å². The summed E-state index contributed by atoms with van der Waals surface area (Å²) in [5.74, 6) is 0.349. The first-order valence-electron chi connectivity index (χ1n) is 8.60. The van der Waals surface area contributed by atoms with Gasteiger partial charge in [0.15, 0.2) is 0 Å². The molecule has 2 aromatic heterocycles. The first-order valence-corrected chi connectivity index (χ1v) is 8.60. The maximum Gasteiger partial charge on any atom is 0.271 e. The quantitative estimate of drug-likeness (QED) is 0.907. The molecule has 6 heteroatoms. The van der Waals surface area contributed by atoms with Crippen molar-refractivity contribution in [2.24, 2.45) is 5.92 Å². The molecule has 2 aromatic rings. The first kappa shape index (κ1) is 16.9. The minimum absolute atomic E-state index is 0.115. The number of ether oxygens (including phenoxy) is 1. The number of aryl methyl sites for hydroxylation is 1. The Morgan fingerprint density at radius 2 is 2.12 bits per heavy atom. The Bertz CT molecular complexity index is 704. The van der Waals surface area contributed by atoms with Gasteiger partial charge in [0.2, 0.25) is 0 Å². The number of rotatable bonds is 5. The van der Waals surface area contributed by atoms with E-state index in [0.29, 0.717) is 24.2 Å². The Hall–Kier alpha value is -1.92. The van der Waals surface area contributed by atoms with E-state index < -0.39 is 0 Å². The molecule has 0 aromatic carbocycles. The number of amides is 1. The molecule has 1 saturated heterocycles. The van der Waals surface area contributed by atoms with E-state index in [1.54, 1.807) is 6.20 Å². The van der Waals surface area contributed by atoms with Gasteiger partial charge in [-0.1, -0.05) is 13.8 Å². The van der Waals surface area contributed by atoms with Gasteiger partial charge in [-0.2, -0.15) is 0 Å². The van der Waals surface area contributed by atoms with Crippen LogP contribution in [0.1, 0.15) is 29.9 Å². The van der Waals surface area contributed by atoms with Crippen LogP contribution in [0.25, 0.3) is 5.65 Å². The van der Waals surface area contributed by atoms with Crippen molar-refractivity contribution in [1.29, 1.82) is 0 Å². The maximum absolute atomic E-state index is 12.5. The van der Waals surface area contributed by atoms with Crippen molar-refractivity contribution in [3.8, 4) is 0 Å². The van der Waals surface area contributed by atoms with Crippen molar-refractivity contribution >= 4 is 11.6 Å². The van der Waals surface area contributed by atoms with Crippen molar-refractivity contribution in [3.05, 3.63) is 35.8 Å². The van der Waals surface area contributed by atoms with Gasteiger partial charge >= 0.3 is 0 Å². The lowest BCUT2D eigenvalue weighted by Crippen LogP contribution is -2.51. The van der Waals surface area contributed by atoms with E-state index in [9.17, 15) is 4.79 Å². The normalized spacial score (nSPS) is 17.3. The van der Waals surface area contributed by atoms with Crippen molar-refractivity contribution in [2.75, 3.05) is 32.8 Å². The van der Waals surface area contributed by atoms with Crippen LogP contribution >= 0.6 is 0 Å². The SMILES string of the molecule is Cc1ccn2cc(C(=O)NC[C@@H](C(C)C)N3CCOCC3)nc2c1. The molecule has 1 amide bonds. The van der Waals surface area contributed by atoms with Gasteiger partial charge < -0.3 is 14.5 Å². The van der Waals surface area contributed by atoms with E-state index in [4.69, 9.17) is 4.74 Å². The van der Waals surface area contributed by atoms with E-state index >= 15 is 0 Å². The van der Waals surface area contributed by atoms with E-state index in [1.807, 2.05) is 29.7 Å². The van der Waals surface area contributed by atoms with Gasteiger partial charge in [-0.15, -0.1) is 0 Å². The second-order valence-electron chi connectivity index (χ2n) is 6.77.